The molecule has 0 bridgehead atoms. The molecule has 260 valence electrons. The standard InChI is InChI=1S/C38H48N6O5/c1-37(2,3)49-36(48)43(5)23-27-10-6-7-11-28(27)24-44(35(47)38(4)15-18-39-19-16-38)25-33(45)41-31-14-13-26-20-30(21-29(26)22-31)34(46)42-32-12-8-9-17-40-32/h6-14,17,22,30,39H,15-16,18-21,23-25H2,1-5H3,(H,41,45)(H,40,42,46). The number of fused-ring (bicyclic) bond motifs is 1. The van der Waals surface area contributed by atoms with E-state index in [1.54, 1.807) is 30.3 Å². The van der Waals surface area contributed by atoms with Gasteiger partial charge in [0, 0.05) is 43.4 Å². The predicted octanol–water partition coefficient (Wildman–Crippen LogP) is 5.16. The van der Waals surface area contributed by atoms with Gasteiger partial charge < -0.3 is 30.5 Å². The van der Waals surface area contributed by atoms with Crippen LogP contribution >= 0.6 is 0 Å². The van der Waals surface area contributed by atoms with Crippen molar-refractivity contribution >= 4 is 35.3 Å². The second-order valence-electron chi connectivity index (χ2n) is 14.4. The van der Waals surface area contributed by atoms with E-state index in [0.717, 1.165) is 35.3 Å². The molecule has 3 aromatic rings. The SMILES string of the molecule is CN(Cc1ccccc1CN(CC(=O)Nc1ccc2c(c1)CC(C(=O)Nc1ccccn1)C2)C(=O)C1(C)CCNCC1)C(=O)OC(C)(C)C. The zero-order chi connectivity index (χ0) is 35.2. The Hall–Kier alpha value is -4.77. The van der Waals surface area contributed by atoms with Gasteiger partial charge in [-0.3, -0.25) is 14.4 Å². The summed E-state index contributed by atoms with van der Waals surface area (Å²) in [5, 5.41) is 9.22. The Bertz CT molecular complexity index is 1660. The number of hydrogen-bond acceptors (Lipinski definition) is 7. The summed E-state index contributed by atoms with van der Waals surface area (Å²) in [6, 6.07) is 18.8. The van der Waals surface area contributed by atoms with Crippen molar-refractivity contribution in [2.45, 2.75) is 72.1 Å². The number of nitrogens with one attached hydrogen (secondary N) is 3. The van der Waals surface area contributed by atoms with E-state index in [2.05, 4.69) is 20.9 Å². The van der Waals surface area contributed by atoms with Crippen LogP contribution in [0.25, 0.3) is 0 Å². The number of hydrogen-bond donors (Lipinski definition) is 3. The van der Waals surface area contributed by atoms with Crippen molar-refractivity contribution in [2.24, 2.45) is 11.3 Å². The number of aromatic nitrogens is 1. The second-order valence-corrected chi connectivity index (χ2v) is 14.4. The third-order valence-corrected chi connectivity index (χ3v) is 9.15. The fraction of sp³-hybridized carbons (Fsp3) is 0.447. The molecule has 0 spiro atoms. The molecular formula is C38H48N6O5. The number of rotatable bonds is 10. The van der Waals surface area contributed by atoms with Gasteiger partial charge in [-0.1, -0.05) is 43.3 Å². The molecule has 3 N–H and O–H groups in total. The number of amides is 4. The van der Waals surface area contributed by atoms with Crippen LogP contribution in [0.5, 0.6) is 0 Å². The number of nitrogens with zero attached hydrogens (tertiary/aromatic N) is 3. The third-order valence-electron chi connectivity index (χ3n) is 9.15. The van der Waals surface area contributed by atoms with Crippen molar-refractivity contribution in [3.05, 3.63) is 89.1 Å². The molecule has 0 saturated carbocycles. The minimum Gasteiger partial charge on any atom is -0.444 e. The van der Waals surface area contributed by atoms with Gasteiger partial charge in [-0.05, 0) is 106 Å². The average Bonchev–Trinajstić information content (AvgIpc) is 3.49. The van der Waals surface area contributed by atoms with E-state index in [1.807, 2.05) is 76.2 Å². The first-order chi connectivity index (χ1) is 23.3. The summed E-state index contributed by atoms with van der Waals surface area (Å²) in [5.74, 6) is -0.173. The number of pyridine rings is 1. The molecule has 2 heterocycles. The van der Waals surface area contributed by atoms with Crippen LogP contribution in [0.2, 0.25) is 0 Å². The van der Waals surface area contributed by atoms with Crippen molar-refractivity contribution in [3.8, 4) is 0 Å². The van der Waals surface area contributed by atoms with E-state index >= 15 is 0 Å². The number of carbonyl (C=O) groups excluding carboxylic acids is 4. The van der Waals surface area contributed by atoms with Gasteiger partial charge in [-0.15, -0.1) is 0 Å². The summed E-state index contributed by atoms with van der Waals surface area (Å²) < 4.78 is 5.54. The van der Waals surface area contributed by atoms with E-state index in [9.17, 15) is 19.2 Å². The summed E-state index contributed by atoms with van der Waals surface area (Å²) in [7, 11) is 1.68. The summed E-state index contributed by atoms with van der Waals surface area (Å²) in [6.45, 7) is 9.28. The highest BCUT2D eigenvalue weighted by atomic mass is 16.6. The molecule has 49 heavy (non-hydrogen) atoms. The topological polar surface area (TPSA) is 133 Å². The van der Waals surface area contributed by atoms with Crippen LogP contribution in [0.15, 0.2) is 66.9 Å². The lowest BCUT2D eigenvalue weighted by Gasteiger charge is -2.37. The minimum atomic E-state index is -0.624. The molecule has 1 unspecified atom stereocenters. The highest BCUT2D eigenvalue weighted by molar-refractivity contribution is 5.96. The molecule has 1 atom stereocenters. The normalized spacial score (nSPS) is 16.6. The maximum atomic E-state index is 14.2. The van der Waals surface area contributed by atoms with Crippen LogP contribution in [0.4, 0.5) is 16.3 Å². The number of piperidine rings is 1. The van der Waals surface area contributed by atoms with E-state index in [-0.39, 0.29) is 43.3 Å². The van der Waals surface area contributed by atoms with E-state index in [1.165, 1.54) is 4.90 Å². The fourth-order valence-electron chi connectivity index (χ4n) is 6.43. The van der Waals surface area contributed by atoms with Crippen molar-refractivity contribution in [1.82, 2.24) is 20.1 Å². The first-order valence-corrected chi connectivity index (χ1v) is 16.9. The van der Waals surface area contributed by atoms with Crippen molar-refractivity contribution in [1.29, 1.82) is 0 Å². The highest BCUT2D eigenvalue weighted by Gasteiger charge is 2.38. The Balaban J connectivity index is 1.28. The Labute approximate surface area is 288 Å². The van der Waals surface area contributed by atoms with Gasteiger partial charge in [0.25, 0.3) is 0 Å². The first-order valence-electron chi connectivity index (χ1n) is 16.9. The zero-order valence-corrected chi connectivity index (χ0v) is 29.2. The van der Waals surface area contributed by atoms with Crippen molar-refractivity contribution < 1.29 is 23.9 Å². The van der Waals surface area contributed by atoms with E-state index in [4.69, 9.17) is 4.74 Å². The molecule has 4 amide bonds. The summed E-state index contributed by atoms with van der Waals surface area (Å²) in [4.78, 5) is 60.8. The second kappa shape index (κ2) is 15.2. The monoisotopic (exact) mass is 668 g/mol. The number of benzene rings is 2. The molecule has 1 aromatic heterocycles. The molecule has 11 heteroatoms. The molecule has 2 aromatic carbocycles. The number of ether oxygens (including phenoxy) is 1. The maximum absolute atomic E-state index is 14.2. The fourth-order valence-corrected chi connectivity index (χ4v) is 6.43. The van der Waals surface area contributed by atoms with Gasteiger partial charge in [0.2, 0.25) is 17.7 Å². The molecule has 1 saturated heterocycles. The van der Waals surface area contributed by atoms with Gasteiger partial charge in [0.1, 0.15) is 18.0 Å². The molecule has 5 rings (SSSR count). The molecule has 1 aliphatic heterocycles. The minimum absolute atomic E-state index is 0.0739. The van der Waals surface area contributed by atoms with Gasteiger partial charge >= 0.3 is 6.09 Å². The van der Waals surface area contributed by atoms with Crippen LogP contribution in [0.3, 0.4) is 0 Å². The zero-order valence-electron chi connectivity index (χ0n) is 29.2. The molecule has 0 radical (unpaired) electrons. The van der Waals surface area contributed by atoms with Gasteiger partial charge in [0.05, 0.1) is 0 Å². The summed E-state index contributed by atoms with van der Waals surface area (Å²) >= 11 is 0. The quantitative estimate of drug-likeness (QED) is 0.272. The van der Waals surface area contributed by atoms with Crippen molar-refractivity contribution in [3.63, 3.8) is 0 Å². The average molecular weight is 669 g/mol. The van der Waals surface area contributed by atoms with Crippen LogP contribution in [-0.4, -0.2) is 70.9 Å². The Morgan fingerprint density at radius 2 is 1.59 bits per heavy atom. The lowest BCUT2D eigenvalue weighted by Crippen LogP contribution is -2.49. The number of anilines is 2. The van der Waals surface area contributed by atoms with Crippen LogP contribution < -0.4 is 16.0 Å². The number of carbonyl (C=O) groups is 4. The summed E-state index contributed by atoms with van der Waals surface area (Å²) in [5.41, 5.74) is 3.19. The van der Waals surface area contributed by atoms with Crippen LogP contribution in [0.1, 0.15) is 62.8 Å². The van der Waals surface area contributed by atoms with Gasteiger partial charge in [0.15, 0.2) is 0 Å². The Morgan fingerprint density at radius 1 is 0.918 bits per heavy atom. The smallest absolute Gasteiger partial charge is 0.410 e. The molecule has 11 nitrogen and oxygen atoms in total. The Morgan fingerprint density at radius 3 is 2.27 bits per heavy atom. The predicted molar refractivity (Wildman–Crippen MR) is 189 cm³/mol. The third kappa shape index (κ3) is 9.44. The maximum Gasteiger partial charge on any atom is 0.410 e. The van der Waals surface area contributed by atoms with Crippen LogP contribution in [-0.2, 0) is 45.1 Å². The lowest BCUT2D eigenvalue weighted by molar-refractivity contribution is -0.145. The molecule has 2 aliphatic rings. The lowest BCUT2D eigenvalue weighted by atomic mass is 9.79. The van der Waals surface area contributed by atoms with Crippen molar-refractivity contribution in [2.75, 3.05) is 37.3 Å². The largest absolute Gasteiger partial charge is 0.444 e. The molecule has 1 fully saturated rings. The van der Waals surface area contributed by atoms with Crippen LogP contribution in [0, 0.1) is 11.3 Å². The highest BCUT2D eigenvalue weighted by Crippen LogP contribution is 2.32. The van der Waals surface area contributed by atoms with Gasteiger partial charge in [-0.2, -0.15) is 0 Å². The summed E-state index contributed by atoms with van der Waals surface area (Å²) in [6.07, 6.45) is 3.72. The molecular weight excluding hydrogens is 620 g/mol. The van der Waals surface area contributed by atoms with E-state index in [0.29, 0.717) is 37.2 Å². The van der Waals surface area contributed by atoms with E-state index < -0.39 is 17.1 Å². The first kappa shape index (κ1) is 35.5. The molecule has 1 aliphatic carbocycles. The Kier molecular flexibility index (Phi) is 11.0. The van der Waals surface area contributed by atoms with Gasteiger partial charge in [-0.25, -0.2) is 9.78 Å².